The zero-order valence-electron chi connectivity index (χ0n) is 4.22. The molecule has 0 aromatic rings. The number of hydrogen-bond acceptors (Lipinski definition) is 0. The summed E-state index contributed by atoms with van der Waals surface area (Å²) >= 11 is 0. The van der Waals surface area contributed by atoms with Crippen LogP contribution in [0.25, 0.3) is 0 Å². The molecule has 0 unspecified atom stereocenters. The molecule has 0 atom stereocenters. The van der Waals surface area contributed by atoms with Gasteiger partial charge in [-0.25, -0.2) is 11.6 Å². The van der Waals surface area contributed by atoms with Crippen LogP contribution in [0.15, 0.2) is 17.7 Å². The molecule has 0 amide bonds. The van der Waals surface area contributed by atoms with Gasteiger partial charge in [-0.1, -0.05) is 6.92 Å². The molecular formula is C6H7Gd-. The Morgan fingerprint density at radius 3 is 2.57 bits per heavy atom. The zero-order chi connectivity index (χ0) is 4.41. The maximum atomic E-state index is 3.12. The van der Waals surface area contributed by atoms with Crippen molar-refractivity contribution in [3.63, 3.8) is 0 Å². The molecule has 0 spiro atoms. The fraction of sp³-hybridized carbons (Fsp3) is 0.333. The van der Waals surface area contributed by atoms with Crippen molar-refractivity contribution >= 4 is 0 Å². The van der Waals surface area contributed by atoms with E-state index >= 15 is 0 Å². The van der Waals surface area contributed by atoms with E-state index in [4.69, 9.17) is 0 Å². The van der Waals surface area contributed by atoms with Crippen molar-refractivity contribution in [1.82, 2.24) is 0 Å². The summed E-state index contributed by atoms with van der Waals surface area (Å²) in [6.45, 7) is 2.06. The summed E-state index contributed by atoms with van der Waals surface area (Å²) in [7, 11) is 0. The van der Waals surface area contributed by atoms with Crippen LogP contribution >= 0.6 is 0 Å². The van der Waals surface area contributed by atoms with Gasteiger partial charge in [0.1, 0.15) is 0 Å². The molecule has 0 fully saturated rings. The van der Waals surface area contributed by atoms with Gasteiger partial charge in [0.25, 0.3) is 0 Å². The fourth-order valence-corrected chi connectivity index (χ4v) is 0.515. The average Bonchev–Trinajstić information content (AvgIpc) is 1.86. The number of rotatable bonds is 0. The first-order valence-electron chi connectivity index (χ1n) is 2.13. The van der Waals surface area contributed by atoms with Crippen LogP contribution < -0.4 is 0 Å². The molecule has 1 aliphatic rings. The van der Waals surface area contributed by atoms with Gasteiger partial charge < -0.3 is 0 Å². The Bertz CT molecular complexity index is 98.0. The number of allylic oxidation sites excluding steroid dienone is 4. The van der Waals surface area contributed by atoms with Gasteiger partial charge in [-0.3, -0.25) is 6.08 Å². The molecule has 40 valence electrons. The summed E-state index contributed by atoms with van der Waals surface area (Å²) in [5.41, 5.74) is 1.27. The maximum Gasteiger partial charge on any atom is 0 e. The summed E-state index contributed by atoms with van der Waals surface area (Å²) in [5.74, 6) is 0. The molecule has 1 heteroatoms. The van der Waals surface area contributed by atoms with Crippen LogP contribution in [0.5, 0.6) is 0 Å². The van der Waals surface area contributed by atoms with E-state index in [0.717, 1.165) is 6.42 Å². The van der Waals surface area contributed by atoms with Crippen molar-refractivity contribution in [2.75, 3.05) is 0 Å². The van der Waals surface area contributed by atoms with E-state index in [2.05, 4.69) is 25.2 Å². The van der Waals surface area contributed by atoms with Crippen molar-refractivity contribution in [2.45, 2.75) is 13.3 Å². The first-order chi connectivity index (χ1) is 2.89. The van der Waals surface area contributed by atoms with E-state index in [1.807, 2.05) is 0 Å². The van der Waals surface area contributed by atoms with E-state index in [-0.39, 0.29) is 39.9 Å². The molecule has 1 aliphatic carbocycles. The third-order valence-electron chi connectivity index (χ3n) is 0.867. The van der Waals surface area contributed by atoms with Crippen LogP contribution in [-0.4, -0.2) is 0 Å². The molecule has 7 heavy (non-hydrogen) atoms. The van der Waals surface area contributed by atoms with Crippen molar-refractivity contribution in [3.05, 3.63) is 23.8 Å². The molecule has 0 radical (unpaired) electrons. The standard InChI is InChI=1S/C6H7.Gd/c1-6-4-2-3-5-6;/h2,4H,3H2,1H3;/q-1;. The van der Waals surface area contributed by atoms with Crippen molar-refractivity contribution in [2.24, 2.45) is 0 Å². The van der Waals surface area contributed by atoms with E-state index < -0.39 is 0 Å². The normalized spacial score (nSPS) is 15.9. The molecule has 0 aromatic heterocycles. The quantitative estimate of drug-likeness (QED) is 0.562. The van der Waals surface area contributed by atoms with Gasteiger partial charge in [0.15, 0.2) is 0 Å². The Morgan fingerprint density at radius 2 is 2.43 bits per heavy atom. The van der Waals surface area contributed by atoms with Crippen molar-refractivity contribution in [3.8, 4) is 0 Å². The third kappa shape index (κ3) is 2.58. The Morgan fingerprint density at radius 1 is 1.71 bits per heavy atom. The van der Waals surface area contributed by atoms with Crippen molar-refractivity contribution < 1.29 is 39.9 Å². The van der Waals surface area contributed by atoms with E-state index in [1.54, 1.807) is 0 Å². The molecule has 0 nitrogen and oxygen atoms in total. The smallest absolute Gasteiger partial charge is 0 e. The van der Waals surface area contributed by atoms with Gasteiger partial charge in [0.2, 0.25) is 0 Å². The molecule has 0 saturated carbocycles. The zero-order valence-corrected chi connectivity index (χ0v) is 6.48. The van der Waals surface area contributed by atoms with E-state index in [1.165, 1.54) is 5.57 Å². The monoisotopic (exact) mass is 237 g/mol. The van der Waals surface area contributed by atoms with Crippen molar-refractivity contribution in [1.29, 1.82) is 0 Å². The minimum atomic E-state index is 0. The third-order valence-corrected chi connectivity index (χ3v) is 0.867. The predicted molar refractivity (Wildman–Crippen MR) is 26.2 cm³/mol. The Kier molecular flexibility index (Phi) is 4.20. The molecule has 0 bridgehead atoms. The maximum absolute atomic E-state index is 3.12. The van der Waals surface area contributed by atoms with Crippen LogP contribution in [0.4, 0.5) is 0 Å². The minimum Gasteiger partial charge on any atom is -0.270 e. The summed E-state index contributed by atoms with van der Waals surface area (Å²) in [5, 5.41) is 0. The first kappa shape index (κ1) is 7.80. The van der Waals surface area contributed by atoms with Gasteiger partial charge in [-0.2, -0.15) is 6.08 Å². The molecule has 0 saturated heterocycles. The van der Waals surface area contributed by atoms with Gasteiger partial charge in [-0.15, -0.1) is 6.42 Å². The second-order valence-corrected chi connectivity index (χ2v) is 1.47. The van der Waals surface area contributed by atoms with Gasteiger partial charge in [-0.05, 0) is 0 Å². The van der Waals surface area contributed by atoms with E-state index in [9.17, 15) is 0 Å². The topological polar surface area (TPSA) is 0 Å². The van der Waals surface area contributed by atoms with Gasteiger partial charge in [0, 0.05) is 39.9 Å². The van der Waals surface area contributed by atoms with Crippen LogP contribution in [-0.2, 0) is 0 Å². The molecule has 0 heterocycles. The second-order valence-electron chi connectivity index (χ2n) is 1.47. The van der Waals surface area contributed by atoms with Crippen LogP contribution in [0.3, 0.4) is 0 Å². The Hall–Kier alpha value is 0.805. The fourth-order valence-electron chi connectivity index (χ4n) is 0.515. The average molecular weight is 236 g/mol. The largest absolute Gasteiger partial charge is 0.270 e. The number of hydrogen-bond donors (Lipinski definition) is 0. The molecule has 0 N–H and O–H groups in total. The second kappa shape index (κ2) is 3.76. The summed E-state index contributed by atoms with van der Waals surface area (Å²) in [6, 6.07) is 0. The SMILES string of the molecule is CC1=[C-]CC=C1.[Gd]. The summed E-state index contributed by atoms with van der Waals surface area (Å²) in [6.07, 6.45) is 8.33. The van der Waals surface area contributed by atoms with Crippen LogP contribution in [0.1, 0.15) is 13.3 Å². The summed E-state index contributed by atoms with van der Waals surface area (Å²) < 4.78 is 0. The minimum absolute atomic E-state index is 0. The first-order valence-corrected chi connectivity index (χ1v) is 2.13. The molecule has 0 aliphatic heterocycles. The van der Waals surface area contributed by atoms with Crippen LogP contribution in [0.2, 0.25) is 0 Å². The van der Waals surface area contributed by atoms with Gasteiger partial charge >= 0.3 is 0 Å². The van der Waals surface area contributed by atoms with E-state index in [0.29, 0.717) is 0 Å². The van der Waals surface area contributed by atoms with Gasteiger partial charge in [0.05, 0.1) is 0 Å². The summed E-state index contributed by atoms with van der Waals surface area (Å²) in [4.78, 5) is 0. The molecule has 0 aromatic carbocycles. The Labute approximate surface area is 76.4 Å². The Balaban J connectivity index is 0.000000360. The molecular weight excluding hydrogens is 229 g/mol. The van der Waals surface area contributed by atoms with Crippen LogP contribution in [0, 0.1) is 46.0 Å². The molecule has 1 rings (SSSR count). The predicted octanol–water partition coefficient (Wildman–Crippen LogP) is 1.70.